The summed E-state index contributed by atoms with van der Waals surface area (Å²) in [5, 5.41) is 1.11. The predicted octanol–water partition coefficient (Wildman–Crippen LogP) is 1.67. The molecule has 3 heteroatoms. The second-order valence-corrected chi connectivity index (χ2v) is 3.08. The van der Waals surface area contributed by atoms with E-state index in [-0.39, 0.29) is 0 Å². The first kappa shape index (κ1) is 7.98. The monoisotopic (exact) mass is 176 g/mol. The summed E-state index contributed by atoms with van der Waals surface area (Å²) < 4.78 is 6.80. The van der Waals surface area contributed by atoms with Crippen molar-refractivity contribution in [2.45, 2.75) is 6.92 Å². The van der Waals surface area contributed by atoms with Crippen molar-refractivity contribution in [3.63, 3.8) is 0 Å². The van der Waals surface area contributed by atoms with Crippen LogP contribution in [0.15, 0.2) is 24.3 Å². The molecule has 2 N–H and O–H groups in total. The van der Waals surface area contributed by atoms with Crippen LogP contribution in [-0.2, 0) is 0 Å². The number of rotatable bonds is 1. The summed E-state index contributed by atoms with van der Waals surface area (Å²) in [5.41, 5.74) is 2.07. The number of aromatic nitrogens is 1. The highest BCUT2D eigenvalue weighted by atomic mass is 16.5. The molecule has 0 bridgehead atoms. The van der Waals surface area contributed by atoms with Crippen LogP contribution in [0.4, 0.5) is 0 Å². The van der Waals surface area contributed by atoms with Crippen LogP contribution in [0.3, 0.4) is 0 Å². The van der Waals surface area contributed by atoms with E-state index in [0.717, 1.165) is 22.3 Å². The second kappa shape index (κ2) is 2.69. The van der Waals surface area contributed by atoms with E-state index in [1.54, 1.807) is 11.8 Å². The van der Waals surface area contributed by atoms with E-state index in [1.165, 1.54) is 0 Å². The van der Waals surface area contributed by atoms with E-state index in [0.29, 0.717) is 0 Å². The van der Waals surface area contributed by atoms with Gasteiger partial charge in [-0.25, -0.2) is 0 Å². The Morgan fingerprint density at radius 2 is 2.08 bits per heavy atom. The third kappa shape index (κ3) is 1.13. The number of fused-ring (bicyclic) bond motifs is 1. The molecular weight excluding hydrogens is 164 g/mol. The Morgan fingerprint density at radius 1 is 1.31 bits per heavy atom. The lowest BCUT2D eigenvalue weighted by Gasteiger charge is -2.00. The molecule has 0 fully saturated rings. The Bertz CT molecular complexity index is 445. The average Bonchev–Trinajstić information content (AvgIpc) is 2.42. The van der Waals surface area contributed by atoms with Gasteiger partial charge < -0.3 is 10.6 Å². The van der Waals surface area contributed by atoms with Gasteiger partial charge in [0, 0.05) is 11.1 Å². The Labute approximate surface area is 76.7 Å². The molecule has 0 aliphatic rings. The molecule has 2 aromatic rings. The van der Waals surface area contributed by atoms with Crippen LogP contribution < -0.4 is 10.6 Å². The van der Waals surface area contributed by atoms with Crippen LogP contribution in [0.5, 0.6) is 5.75 Å². The van der Waals surface area contributed by atoms with Crippen molar-refractivity contribution < 1.29 is 4.74 Å². The molecule has 13 heavy (non-hydrogen) atoms. The molecule has 0 unspecified atom stereocenters. The van der Waals surface area contributed by atoms with Crippen molar-refractivity contribution in [1.82, 2.24) is 4.68 Å². The fourth-order valence-electron chi connectivity index (χ4n) is 1.48. The number of benzene rings is 1. The Balaban J connectivity index is 2.73. The number of hydrogen-bond donors (Lipinski definition) is 1. The lowest BCUT2D eigenvalue weighted by molar-refractivity contribution is 0.415. The average molecular weight is 176 g/mol. The predicted molar refractivity (Wildman–Crippen MR) is 53.4 cm³/mol. The minimum Gasteiger partial charge on any atom is -0.497 e. The molecule has 0 amide bonds. The standard InChI is InChI=1S/C10H12N2O/c1-7-5-8-6-9(13-2)3-4-10(8)12(7)11/h3-6H,11H2,1-2H3. The van der Waals surface area contributed by atoms with Crippen molar-refractivity contribution in [3.05, 3.63) is 30.0 Å². The number of methoxy groups -OCH3 is 1. The molecule has 0 saturated carbocycles. The minimum absolute atomic E-state index is 0.859. The van der Waals surface area contributed by atoms with Crippen molar-refractivity contribution in [1.29, 1.82) is 0 Å². The van der Waals surface area contributed by atoms with Gasteiger partial charge in [0.05, 0.1) is 12.6 Å². The first-order valence-corrected chi connectivity index (χ1v) is 4.13. The maximum absolute atomic E-state index is 5.81. The summed E-state index contributed by atoms with van der Waals surface area (Å²) in [4.78, 5) is 0. The van der Waals surface area contributed by atoms with Crippen molar-refractivity contribution in [3.8, 4) is 5.75 Å². The van der Waals surface area contributed by atoms with Gasteiger partial charge in [-0.05, 0) is 31.2 Å². The summed E-state index contributed by atoms with van der Waals surface area (Å²) in [5.74, 6) is 6.66. The molecule has 1 heterocycles. The number of ether oxygens (including phenoxy) is 1. The summed E-state index contributed by atoms with van der Waals surface area (Å²) >= 11 is 0. The van der Waals surface area contributed by atoms with E-state index in [9.17, 15) is 0 Å². The third-order valence-electron chi connectivity index (χ3n) is 2.24. The van der Waals surface area contributed by atoms with Gasteiger partial charge >= 0.3 is 0 Å². The fourth-order valence-corrected chi connectivity index (χ4v) is 1.48. The normalized spacial score (nSPS) is 10.6. The molecule has 0 saturated heterocycles. The molecule has 0 atom stereocenters. The van der Waals surface area contributed by atoms with Crippen LogP contribution in [-0.4, -0.2) is 11.8 Å². The molecule has 2 rings (SSSR count). The van der Waals surface area contributed by atoms with Crippen LogP contribution >= 0.6 is 0 Å². The highest BCUT2D eigenvalue weighted by Crippen LogP contribution is 2.22. The smallest absolute Gasteiger partial charge is 0.119 e. The lowest BCUT2D eigenvalue weighted by atomic mass is 10.2. The molecule has 0 radical (unpaired) electrons. The van der Waals surface area contributed by atoms with Crippen molar-refractivity contribution in [2.24, 2.45) is 0 Å². The van der Waals surface area contributed by atoms with Gasteiger partial charge in [0.1, 0.15) is 5.75 Å². The quantitative estimate of drug-likeness (QED) is 0.671. The molecule has 1 aromatic carbocycles. The summed E-state index contributed by atoms with van der Waals surface area (Å²) in [6.07, 6.45) is 0. The number of aryl methyl sites for hydroxylation is 1. The third-order valence-corrected chi connectivity index (χ3v) is 2.24. The second-order valence-electron chi connectivity index (χ2n) is 3.08. The molecule has 68 valence electrons. The Morgan fingerprint density at radius 3 is 2.77 bits per heavy atom. The van der Waals surface area contributed by atoms with E-state index >= 15 is 0 Å². The summed E-state index contributed by atoms with van der Waals surface area (Å²) in [7, 11) is 1.66. The van der Waals surface area contributed by atoms with Gasteiger partial charge in [0.2, 0.25) is 0 Å². The van der Waals surface area contributed by atoms with E-state index < -0.39 is 0 Å². The van der Waals surface area contributed by atoms with E-state index in [2.05, 4.69) is 0 Å². The number of nitrogens with two attached hydrogens (primary N) is 1. The number of hydrogen-bond acceptors (Lipinski definition) is 2. The molecule has 0 aliphatic carbocycles. The zero-order valence-corrected chi connectivity index (χ0v) is 7.74. The fraction of sp³-hybridized carbons (Fsp3) is 0.200. The first-order chi connectivity index (χ1) is 6.22. The molecule has 0 spiro atoms. The lowest BCUT2D eigenvalue weighted by Crippen LogP contribution is -2.08. The van der Waals surface area contributed by atoms with E-state index in [4.69, 9.17) is 10.6 Å². The van der Waals surface area contributed by atoms with Gasteiger partial charge in [-0.2, -0.15) is 0 Å². The Hall–Kier alpha value is -1.64. The minimum atomic E-state index is 0.859. The van der Waals surface area contributed by atoms with Gasteiger partial charge in [-0.15, -0.1) is 0 Å². The number of nitrogen functional groups attached to an aromatic ring is 1. The van der Waals surface area contributed by atoms with Crippen LogP contribution in [0, 0.1) is 6.92 Å². The zero-order chi connectivity index (χ0) is 9.42. The zero-order valence-electron chi connectivity index (χ0n) is 7.74. The van der Waals surface area contributed by atoms with Crippen molar-refractivity contribution in [2.75, 3.05) is 13.0 Å². The van der Waals surface area contributed by atoms with Crippen LogP contribution in [0.25, 0.3) is 10.9 Å². The highest BCUT2D eigenvalue weighted by Gasteiger charge is 2.03. The van der Waals surface area contributed by atoms with Crippen LogP contribution in [0.1, 0.15) is 5.69 Å². The van der Waals surface area contributed by atoms with Gasteiger partial charge in [-0.1, -0.05) is 0 Å². The molecule has 1 aromatic heterocycles. The van der Waals surface area contributed by atoms with Gasteiger partial charge in [0.25, 0.3) is 0 Å². The largest absolute Gasteiger partial charge is 0.497 e. The molecular formula is C10H12N2O. The molecule has 0 aliphatic heterocycles. The van der Waals surface area contributed by atoms with E-state index in [1.807, 2.05) is 31.2 Å². The SMILES string of the molecule is COc1ccc2c(c1)cc(C)n2N. The summed E-state index contributed by atoms with van der Waals surface area (Å²) in [6.45, 7) is 1.98. The maximum Gasteiger partial charge on any atom is 0.119 e. The Kier molecular flexibility index (Phi) is 1.65. The first-order valence-electron chi connectivity index (χ1n) is 4.13. The number of nitrogens with zero attached hydrogens (tertiary/aromatic N) is 1. The highest BCUT2D eigenvalue weighted by molar-refractivity contribution is 5.82. The molecule has 3 nitrogen and oxygen atoms in total. The van der Waals surface area contributed by atoms with Crippen LogP contribution in [0.2, 0.25) is 0 Å². The maximum atomic E-state index is 5.81. The van der Waals surface area contributed by atoms with Gasteiger partial charge in [-0.3, -0.25) is 4.68 Å². The summed E-state index contributed by atoms with van der Waals surface area (Å²) in [6, 6.07) is 7.88. The topological polar surface area (TPSA) is 40.2 Å². The van der Waals surface area contributed by atoms with Crippen molar-refractivity contribution >= 4 is 10.9 Å². The van der Waals surface area contributed by atoms with Gasteiger partial charge in [0.15, 0.2) is 0 Å².